The van der Waals surface area contributed by atoms with Crippen molar-refractivity contribution in [3.05, 3.63) is 66.9 Å². The highest BCUT2D eigenvalue weighted by atomic mass is 32.2. The van der Waals surface area contributed by atoms with Crippen molar-refractivity contribution in [1.82, 2.24) is 19.7 Å². The van der Waals surface area contributed by atoms with Gasteiger partial charge in [-0.2, -0.15) is 0 Å². The van der Waals surface area contributed by atoms with Crippen molar-refractivity contribution in [3.63, 3.8) is 0 Å². The number of aliphatic hydroxyl groups is 1. The van der Waals surface area contributed by atoms with E-state index in [0.717, 1.165) is 27.9 Å². The van der Waals surface area contributed by atoms with Crippen LogP contribution in [0.3, 0.4) is 0 Å². The van der Waals surface area contributed by atoms with E-state index >= 15 is 0 Å². The molecule has 0 radical (unpaired) electrons. The van der Waals surface area contributed by atoms with Gasteiger partial charge in [-0.25, -0.2) is 23.1 Å². The Kier molecular flexibility index (Phi) is 5.50. The summed E-state index contributed by atoms with van der Waals surface area (Å²) < 4.78 is 28.5. The molecule has 1 aliphatic rings. The number of nitrogens with zero attached hydrogens (tertiary/aromatic N) is 2. The van der Waals surface area contributed by atoms with Gasteiger partial charge >= 0.3 is 0 Å². The minimum absolute atomic E-state index is 0.0136. The molecule has 0 atom stereocenters. The SMILES string of the molecule is O=S(=O)(NC1CCC(O)CC1)c1cccc(-c2cnc3[nH]c(-c4ccccc4)cc3c2)n1. The lowest BCUT2D eigenvalue weighted by molar-refractivity contribution is 0.120. The summed E-state index contributed by atoms with van der Waals surface area (Å²) in [6, 6.07) is 18.8. The molecule has 32 heavy (non-hydrogen) atoms. The molecule has 7 nitrogen and oxygen atoms in total. The molecule has 3 N–H and O–H groups in total. The summed E-state index contributed by atoms with van der Waals surface area (Å²) in [5.41, 5.74) is 4.09. The number of H-pyrrole nitrogens is 1. The number of nitrogens with one attached hydrogen (secondary N) is 2. The van der Waals surface area contributed by atoms with Gasteiger partial charge in [0.2, 0.25) is 0 Å². The highest BCUT2D eigenvalue weighted by Gasteiger charge is 2.25. The third-order valence-electron chi connectivity index (χ3n) is 5.87. The number of aliphatic hydroxyl groups excluding tert-OH is 1. The Labute approximate surface area is 186 Å². The molecule has 0 spiro atoms. The molecule has 1 fully saturated rings. The number of pyridine rings is 2. The lowest BCUT2D eigenvalue weighted by Gasteiger charge is -2.25. The number of benzene rings is 1. The van der Waals surface area contributed by atoms with Gasteiger partial charge in [-0.05, 0) is 55.5 Å². The first kappa shape index (κ1) is 20.8. The van der Waals surface area contributed by atoms with E-state index in [2.05, 4.69) is 19.7 Å². The van der Waals surface area contributed by atoms with Crippen LogP contribution in [0.4, 0.5) is 0 Å². The lowest BCUT2D eigenvalue weighted by Crippen LogP contribution is -2.38. The van der Waals surface area contributed by atoms with Crippen LogP contribution in [0.15, 0.2) is 71.9 Å². The molecule has 0 bridgehead atoms. The quantitative estimate of drug-likeness (QED) is 0.429. The fourth-order valence-corrected chi connectivity index (χ4v) is 5.40. The van der Waals surface area contributed by atoms with Crippen molar-refractivity contribution in [2.24, 2.45) is 0 Å². The lowest BCUT2D eigenvalue weighted by atomic mass is 9.94. The average molecular weight is 449 g/mol. The van der Waals surface area contributed by atoms with Gasteiger partial charge in [0.05, 0.1) is 11.8 Å². The Hall–Kier alpha value is -3.07. The van der Waals surface area contributed by atoms with Crippen molar-refractivity contribution in [1.29, 1.82) is 0 Å². The van der Waals surface area contributed by atoms with Crippen LogP contribution in [0.5, 0.6) is 0 Å². The molecule has 0 aliphatic heterocycles. The Morgan fingerprint density at radius 3 is 2.50 bits per heavy atom. The molecule has 0 saturated heterocycles. The van der Waals surface area contributed by atoms with E-state index < -0.39 is 10.0 Å². The first-order valence-electron chi connectivity index (χ1n) is 10.7. The third-order valence-corrected chi connectivity index (χ3v) is 7.29. The highest BCUT2D eigenvalue weighted by molar-refractivity contribution is 7.89. The van der Waals surface area contributed by atoms with Crippen LogP contribution < -0.4 is 4.72 Å². The minimum Gasteiger partial charge on any atom is -0.393 e. The smallest absolute Gasteiger partial charge is 0.258 e. The van der Waals surface area contributed by atoms with Crippen LogP contribution in [0.25, 0.3) is 33.5 Å². The van der Waals surface area contributed by atoms with Gasteiger partial charge in [-0.3, -0.25) is 0 Å². The minimum atomic E-state index is -3.75. The molecule has 3 heterocycles. The van der Waals surface area contributed by atoms with Crippen molar-refractivity contribution in [2.75, 3.05) is 0 Å². The molecule has 4 aromatic rings. The summed E-state index contributed by atoms with van der Waals surface area (Å²) in [5, 5.41) is 10.6. The van der Waals surface area contributed by atoms with Crippen molar-refractivity contribution < 1.29 is 13.5 Å². The second kappa shape index (κ2) is 8.46. The fraction of sp³-hybridized carbons (Fsp3) is 0.250. The zero-order valence-corrected chi connectivity index (χ0v) is 18.2. The standard InChI is InChI=1S/C24H24N4O3S/c29-20-11-9-19(10-12-20)28-32(30,31)23-8-4-7-21(26-23)18-13-17-14-22(27-24(17)25-15-18)16-5-2-1-3-6-16/h1-8,13-15,19-20,28-29H,9-12H2,(H,25,27). The summed E-state index contributed by atoms with van der Waals surface area (Å²) in [5.74, 6) is 0. The summed E-state index contributed by atoms with van der Waals surface area (Å²) >= 11 is 0. The zero-order chi connectivity index (χ0) is 22.1. The maximum atomic E-state index is 12.9. The van der Waals surface area contributed by atoms with E-state index in [1.165, 1.54) is 6.07 Å². The van der Waals surface area contributed by atoms with E-state index in [9.17, 15) is 13.5 Å². The highest BCUT2D eigenvalue weighted by Crippen LogP contribution is 2.27. The van der Waals surface area contributed by atoms with Gasteiger partial charge in [-0.15, -0.1) is 0 Å². The van der Waals surface area contributed by atoms with Crippen LogP contribution in [0, 0.1) is 0 Å². The largest absolute Gasteiger partial charge is 0.393 e. The normalized spacial score (nSPS) is 19.3. The van der Waals surface area contributed by atoms with Crippen molar-refractivity contribution in [2.45, 2.75) is 42.9 Å². The van der Waals surface area contributed by atoms with E-state index in [0.29, 0.717) is 31.4 Å². The molecule has 8 heteroatoms. The first-order valence-corrected chi connectivity index (χ1v) is 12.2. The Morgan fingerprint density at radius 1 is 0.938 bits per heavy atom. The maximum Gasteiger partial charge on any atom is 0.258 e. The molecular formula is C24H24N4O3S. The number of aromatic nitrogens is 3. The average Bonchev–Trinajstić information content (AvgIpc) is 3.25. The van der Waals surface area contributed by atoms with Crippen LogP contribution in [-0.4, -0.2) is 40.6 Å². The molecule has 1 aliphatic carbocycles. The van der Waals surface area contributed by atoms with E-state index in [4.69, 9.17) is 0 Å². The van der Waals surface area contributed by atoms with Gasteiger partial charge in [0.15, 0.2) is 5.03 Å². The third kappa shape index (κ3) is 4.29. The Morgan fingerprint density at radius 2 is 1.72 bits per heavy atom. The van der Waals surface area contributed by atoms with Gasteiger partial charge in [0.1, 0.15) is 5.65 Å². The van der Waals surface area contributed by atoms with Crippen molar-refractivity contribution in [3.8, 4) is 22.5 Å². The van der Waals surface area contributed by atoms with E-state index in [1.807, 2.05) is 42.5 Å². The second-order valence-electron chi connectivity index (χ2n) is 8.20. The number of sulfonamides is 1. The molecule has 3 aromatic heterocycles. The van der Waals surface area contributed by atoms with Crippen LogP contribution in [0.1, 0.15) is 25.7 Å². The molecule has 0 unspecified atom stereocenters. The molecule has 164 valence electrons. The van der Waals surface area contributed by atoms with Gasteiger partial charge in [0.25, 0.3) is 10.0 Å². The van der Waals surface area contributed by atoms with Crippen LogP contribution >= 0.6 is 0 Å². The van der Waals surface area contributed by atoms with Gasteiger partial charge in [0, 0.05) is 28.9 Å². The Bertz CT molecular complexity index is 1340. The number of rotatable bonds is 5. The summed E-state index contributed by atoms with van der Waals surface area (Å²) in [4.78, 5) is 12.2. The van der Waals surface area contributed by atoms with Crippen LogP contribution in [-0.2, 0) is 10.0 Å². The van der Waals surface area contributed by atoms with Crippen molar-refractivity contribution >= 4 is 21.1 Å². The number of hydrogen-bond donors (Lipinski definition) is 3. The molecule has 5 rings (SSSR count). The number of aromatic amines is 1. The second-order valence-corrected chi connectivity index (χ2v) is 9.86. The maximum absolute atomic E-state index is 12.9. The predicted molar refractivity (Wildman–Crippen MR) is 123 cm³/mol. The van der Waals surface area contributed by atoms with E-state index in [1.54, 1.807) is 18.3 Å². The topological polar surface area (TPSA) is 108 Å². The summed E-state index contributed by atoms with van der Waals surface area (Å²) in [6.07, 6.45) is 3.82. The number of hydrogen-bond acceptors (Lipinski definition) is 5. The summed E-state index contributed by atoms with van der Waals surface area (Å²) in [7, 11) is -3.75. The van der Waals surface area contributed by atoms with Gasteiger partial charge < -0.3 is 10.1 Å². The monoisotopic (exact) mass is 448 g/mol. The zero-order valence-electron chi connectivity index (χ0n) is 17.4. The molecular weight excluding hydrogens is 424 g/mol. The first-order chi connectivity index (χ1) is 15.5. The molecule has 1 saturated carbocycles. The predicted octanol–water partition coefficient (Wildman–Crippen LogP) is 3.87. The Balaban J connectivity index is 1.42. The van der Waals surface area contributed by atoms with E-state index in [-0.39, 0.29) is 17.2 Å². The molecule has 0 amide bonds. The van der Waals surface area contributed by atoms with Gasteiger partial charge in [-0.1, -0.05) is 36.4 Å². The fourth-order valence-electron chi connectivity index (χ4n) is 4.13. The molecule has 1 aromatic carbocycles. The summed E-state index contributed by atoms with van der Waals surface area (Å²) in [6.45, 7) is 0. The number of fused-ring (bicyclic) bond motifs is 1. The van der Waals surface area contributed by atoms with Crippen LogP contribution in [0.2, 0.25) is 0 Å².